The Balaban J connectivity index is 0.974. The molecule has 7 heterocycles. The van der Waals surface area contributed by atoms with Gasteiger partial charge in [-0.3, -0.25) is 28.8 Å². The van der Waals surface area contributed by atoms with Gasteiger partial charge in [0.15, 0.2) is 23.2 Å². The van der Waals surface area contributed by atoms with E-state index in [2.05, 4.69) is 10.6 Å². The van der Waals surface area contributed by atoms with Crippen LogP contribution < -0.4 is 20.1 Å². The highest BCUT2D eigenvalue weighted by Crippen LogP contribution is 2.67. The SMILES string of the molecule is O=C1CCCCCCCCCCCCC2CCCCCCCCCCCCC(=O)N3CCC4(CC3)CCN(CC4)C(=O)CCOCCOCCC(=O)Oc3c(F)c(F)cc(c3F)C23c2cc(F)c(F)c(c23)OC(=O)CCOCCOCCC(=O)NC2CCC(CC2)N1. The van der Waals surface area contributed by atoms with Crippen LogP contribution in [0.4, 0.5) is 22.0 Å². The van der Waals surface area contributed by atoms with E-state index in [0.29, 0.717) is 57.7 Å². The molecule has 21 heteroatoms. The van der Waals surface area contributed by atoms with Gasteiger partial charge < -0.3 is 48.9 Å². The quantitative estimate of drug-likeness (QED) is 0.110. The van der Waals surface area contributed by atoms with E-state index >= 15 is 22.0 Å². The average molecular weight is 1300 g/mol. The molecule has 2 aromatic rings. The fourth-order valence-electron chi connectivity index (χ4n) is 14.8. The molecular formula is C71H103F5N4O12. The summed E-state index contributed by atoms with van der Waals surface area (Å²) in [5.41, 5.74) is -2.23. The van der Waals surface area contributed by atoms with Crippen LogP contribution in [0.15, 0.2) is 12.1 Å². The summed E-state index contributed by atoms with van der Waals surface area (Å²) < 4.78 is 116. The second-order valence-electron chi connectivity index (χ2n) is 26.8. The topological polar surface area (TPSA) is 188 Å². The number of rotatable bonds is 0. The van der Waals surface area contributed by atoms with Crippen molar-refractivity contribution < 1.29 is 79.1 Å². The van der Waals surface area contributed by atoms with Gasteiger partial charge in [0.2, 0.25) is 41.0 Å². The summed E-state index contributed by atoms with van der Waals surface area (Å²) in [6.45, 7) is 2.93. The van der Waals surface area contributed by atoms with E-state index in [1.54, 1.807) is 0 Å². The molecule has 92 heavy (non-hydrogen) atoms. The molecule has 0 aromatic heterocycles. The Morgan fingerprint density at radius 1 is 0.380 bits per heavy atom. The standard InChI is InChI=1S/C71H103F5N4O12/c72-56-49-54-64-68(66(56)75)91-62(85)31-43-89-47-45-87-41-29-59(82)78-53-27-25-52(26-28-53)77-58(81)23-19-15-11-7-3-1-5-9-13-17-21-51-22-18-14-10-6-2-4-8-12-16-20-24-60(83)79-37-33-70(34-38-79)35-39-80(40-36-70)61(84)30-42-88-46-48-90-44-32-63(86)92-69-65(74)55(71(51,54)64)50-57(73)67(69)76/h49-53H,1-48H2,(H,77,81)(H,78,82). The van der Waals surface area contributed by atoms with Crippen molar-refractivity contribution in [1.82, 2.24) is 20.4 Å². The van der Waals surface area contributed by atoms with E-state index in [9.17, 15) is 28.8 Å². The van der Waals surface area contributed by atoms with Crippen LogP contribution in [0, 0.1) is 40.4 Å². The zero-order valence-electron chi connectivity index (χ0n) is 54.5. The van der Waals surface area contributed by atoms with E-state index in [1.807, 2.05) is 9.80 Å². The van der Waals surface area contributed by atoms with Gasteiger partial charge in [0.25, 0.3) is 0 Å². The molecule has 7 bridgehead atoms. The fraction of sp³-hybridized carbons (Fsp3) is 0.746. The number of halogens is 5. The summed E-state index contributed by atoms with van der Waals surface area (Å²) in [7, 11) is 0. The minimum Gasteiger partial charge on any atom is -0.423 e. The van der Waals surface area contributed by atoms with E-state index in [4.69, 9.17) is 28.4 Å². The van der Waals surface area contributed by atoms with Crippen LogP contribution in [0.2, 0.25) is 0 Å². The highest BCUT2D eigenvalue weighted by molar-refractivity contribution is 5.81. The van der Waals surface area contributed by atoms with Gasteiger partial charge >= 0.3 is 11.9 Å². The molecule has 4 amide bonds. The van der Waals surface area contributed by atoms with Gasteiger partial charge in [-0.2, -0.15) is 8.78 Å². The minimum atomic E-state index is -1.84. The second-order valence-corrected chi connectivity index (χ2v) is 26.8. The largest absolute Gasteiger partial charge is 0.423 e. The van der Waals surface area contributed by atoms with Crippen LogP contribution in [0.3, 0.4) is 0 Å². The summed E-state index contributed by atoms with van der Waals surface area (Å²) in [6.07, 6.45) is 26.2. The molecule has 2 unspecified atom stereocenters. The van der Waals surface area contributed by atoms with Crippen LogP contribution in [-0.4, -0.2) is 136 Å². The predicted molar refractivity (Wildman–Crippen MR) is 336 cm³/mol. The molecule has 2 atom stereocenters. The number of amides is 4. The first kappa shape index (κ1) is 72.6. The lowest BCUT2D eigenvalue weighted by Gasteiger charge is -2.47. The third-order valence-corrected chi connectivity index (χ3v) is 20.3. The fourth-order valence-corrected chi connectivity index (χ4v) is 14.8. The first-order valence-corrected chi connectivity index (χ1v) is 35.3. The number of nitrogens with zero attached hydrogens (tertiary/aromatic N) is 2. The van der Waals surface area contributed by atoms with Crippen molar-refractivity contribution >= 4 is 35.6 Å². The number of carbonyl (C=O) groups is 6. The number of benzene rings is 2. The molecule has 2 saturated heterocycles. The van der Waals surface area contributed by atoms with Gasteiger partial charge in [-0.1, -0.05) is 116 Å². The van der Waals surface area contributed by atoms with Crippen LogP contribution in [0.5, 0.6) is 11.5 Å². The lowest BCUT2D eigenvalue weighted by atomic mass is 9.71. The maximum atomic E-state index is 17.6. The molecular weight excluding hydrogens is 1200 g/mol. The van der Waals surface area contributed by atoms with Crippen molar-refractivity contribution in [1.29, 1.82) is 0 Å². The molecule has 1 saturated carbocycles. The van der Waals surface area contributed by atoms with Gasteiger partial charge in [0.05, 0.1) is 77.5 Å². The molecule has 7 aliphatic heterocycles. The van der Waals surface area contributed by atoms with Gasteiger partial charge in [0.1, 0.15) is 0 Å². The zero-order valence-corrected chi connectivity index (χ0v) is 54.5. The van der Waals surface area contributed by atoms with Crippen molar-refractivity contribution in [3.05, 3.63) is 57.9 Å². The van der Waals surface area contributed by atoms with Crippen molar-refractivity contribution in [2.75, 3.05) is 79.0 Å². The predicted octanol–water partition coefficient (Wildman–Crippen LogP) is 13.2. The summed E-state index contributed by atoms with van der Waals surface area (Å²) in [5, 5.41) is 6.24. The molecule has 2 N–H and O–H groups in total. The first-order valence-electron chi connectivity index (χ1n) is 35.3. The van der Waals surface area contributed by atoms with Crippen LogP contribution in [-0.2, 0) is 53.1 Å². The van der Waals surface area contributed by atoms with Gasteiger partial charge in [-0.15, -0.1) is 0 Å². The summed E-state index contributed by atoms with van der Waals surface area (Å²) in [4.78, 5) is 82.8. The molecule has 11 rings (SSSR count). The van der Waals surface area contributed by atoms with Gasteiger partial charge in [0, 0.05) is 68.7 Å². The van der Waals surface area contributed by atoms with Crippen molar-refractivity contribution in [2.24, 2.45) is 11.3 Å². The Labute approximate surface area is 541 Å². The van der Waals surface area contributed by atoms with Crippen molar-refractivity contribution in [3.63, 3.8) is 0 Å². The second kappa shape index (κ2) is 37.7. The first-order chi connectivity index (χ1) is 44.7. The molecule has 16 nitrogen and oxygen atoms in total. The molecule has 0 radical (unpaired) electrons. The zero-order chi connectivity index (χ0) is 65.1. The molecule has 2 spiro atoms. The molecule has 2 aromatic carbocycles. The number of esters is 2. The normalized spacial score (nSPS) is 27.5. The number of ether oxygens (including phenoxy) is 6. The van der Waals surface area contributed by atoms with Gasteiger partial charge in [-0.05, 0) is 106 Å². The molecule has 2 aliphatic carbocycles. The number of piperidine rings is 2. The maximum absolute atomic E-state index is 17.6. The van der Waals surface area contributed by atoms with Crippen LogP contribution in [0.1, 0.15) is 248 Å². The molecule has 9 aliphatic rings. The smallest absolute Gasteiger partial charge is 0.313 e. The number of carbonyl (C=O) groups excluding carboxylic acids is 6. The average Bonchev–Trinajstić information content (AvgIpc) is 1.50. The Kier molecular flexibility index (Phi) is 29.8. The number of nitrogens with one attached hydrogen (secondary N) is 2. The Morgan fingerprint density at radius 3 is 1.23 bits per heavy atom. The number of hydrogen-bond donors (Lipinski definition) is 2. The molecule has 3 fully saturated rings. The number of hydrogen-bond acceptors (Lipinski definition) is 12. The summed E-state index contributed by atoms with van der Waals surface area (Å²) in [6, 6.07) is 1.68. The Bertz CT molecular complexity index is 2710. The van der Waals surface area contributed by atoms with Gasteiger partial charge in [-0.25, -0.2) is 13.2 Å². The van der Waals surface area contributed by atoms with E-state index in [0.717, 1.165) is 186 Å². The molecule has 514 valence electrons. The van der Waals surface area contributed by atoms with Crippen molar-refractivity contribution in [2.45, 2.75) is 249 Å². The summed E-state index contributed by atoms with van der Waals surface area (Å²) >= 11 is 0. The lowest BCUT2D eigenvalue weighted by molar-refractivity contribution is -0.138. The van der Waals surface area contributed by atoms with Crippen LogP contribution >= 0.6 is 0 Å². The summed E-state index contributed by atoms with van der Waals surface area (Å²) in [5.74, 6) is -12.5. The van der Waals surface area contributed by atoms with E-state index in [1.165, 1.54) is 0 Å². The highest BCUT2D eigenvalue weighted by Gasteiger charge is 2.62. The third kappa shape index (κ3) is 21.4. The monoisotopic (exact) mass is 1300 g/mol. The maximum Gasteiger partial charge on any atom is 0.313 e. The van der Waals surface area contributed by atoms with Crippen molar-refractivity contribution in [3.8, 4) is 11.5 Å². The minimum absolute atomic E-state index is 0.00268. The third-order valence-electron chi connectivity index (χ3n) is 20.3. The Morgan fingerprint density at radius 2 is 0.750 bits per heavy atom. The van der Waals surface area contributed by atoms with E-state index < -0.39 is 82.3 Å². The lowest BCUT2D eigenvalue weighted by Crippen LogP contribution is -2.49. The highest BCUT2D eigenvalue weighted by atomic mass is 19.2. The van der Waals surface area contributed by atoms with E-state index in [-0.39, 0.29) is 118 Å². The van der Waals surface area contributed by atoms with Crippen LogP contribution in [0.25, 0.3) is 0 Å². The number of fused-ring (bicyclic) bond motifs is 28. The Hall–Kier alpha value is -5.25.